The van der Waals surface area contributed by atoms with E-state index >= 15 is 0 Å². The maximum Gasteiger partial charge on any atom is 0.0964 e. The van der Waals surface area contributed by atoms with Crippen molar-refractivity contribution in [2.24, 2.45) is 5.92 Å². The smallest absolute Gasteiger partial charge is 0.0964 e. The average molecular weight is 285 g/mol. The fourth-order valence-electron chi connectivity index (χ4n) is 2.63. The number of hydrogen-bond donors (Lipinski definition) is 1. The Morgan fingerprint density at radius 1 is 1.44 bits per heavy atom. The van der Waals surface area contributed by atoms with Gasteiger partial charge in [0.2, 0.25) is 0 Å². The van der Waals surface area contributed by atoms with E-state index in [4.69, 9.17) is 11.6 Å². The molecule has 0 bridgehead atoms. The highest BCUT2D eigenvalue weighted by Crippen LogP contribution is 2.37. The summed E-state index contributed by atoms with van der Waals surface area (Å²) >= 11 is 7.76. The van der Waals surface area contributed by atoms with Gasteiger partial charge in [0.15, 0.2) is 0 Å². The molecule has 1 aromatic rings. The predicted molar refractivity (Wildman–Crippen MR) is 79.4 cm³/mol. The SMILES string of the molecule is CCC1CCC(NC)C(Sc2ccc(Cl)cn2)C1. The molecule has 1 aliphatic rings. The van der Waals surface area contributed by atoms with E-state index in [1.165, 1.54) is 25.7 Å². The van der Waals surface area contributed by atoms with E-state index in [0.29, 0.717) is 16.3 Å². The first kappa shape index (κ1) is 14.2. The summed E-state index contributed by atoms with van der Waals surface area (Å²) in [6.45, 7) is 2.30. The van der Waals surface area contributed by atoms with Gasteiger partial charge in [-0.15, -0.1) is 11.8 Å². The summed E-state index contributed by atoms with van der Waals surface area (Å²) in [5.41, 5.74) is 0. The fraction of sp³-hybridized carbons (Fsp3) is 0.643. The molecule has 4 heteroatoms. The van der Waals surface area contributed by atoms with Crippen molar-refractivity contribution >= 4 is 23.4 Å². The molecule has 3 atom stereocenters. The van der Waals surface area contributed by atoms with E-state index in [1.807, 2.05) is 23.9 Å². The largest absolute Gasteiger partial charge is 0.316 e. The maximum atomic E-state index is 5.87. The van der Waals surface area contributed by atoms with Gasteiger partial charge in [0.1, 0.15) is 0 Å². The van der Waals surface area contributed by atoms with Crippen molar-refractivity contribution < 1.29 is 0 Å². The van der Waals surface area contributed by atoms with Crippen LogP contribution in [-0.2, 0) is 0 Å². The van der Waals surface area contributed by atoms with E-state index in [0.717, 1.165) is 10.9 Å². The Bertz CT molecular complexity index is 369. The van der Waals surface area contributed by atoms with Crippen molar-refractivity contribution in [2.45, 2.75) is 48.9 Å². The first-order valence-corrected chi connectivity index (χ1v) is 7.94. The van der Waals surface area contributed by atoms with Gasteiger partial charge >= 0.3 is 0 Å². The molecule has 1 heterocycles. The number of halogens is 1. The number of pyridine rings is 1. The third-order valence-corrected chi connectivity index (χ3v) is 5.35. The van der Waals surface area contributed by atoms with Crippen molar-refractivity contribution in [3.05, 3.63) is 23.4 Å². The number of nitrogens with zero attached hydrogens (tertiary/aromatic N) is 1. The monoisotopic (exact) mass is 284 g/mol. The van der Waals surface area contributed by atoms with Gasteiger partial charge in [0.05, 0.1) is 10.0 Å². The minimum atomic E-state index is 0.607. The topological polar surface area (TPSA) is 24.9 Å². The van der Waals surface area contributed by atoms with E-state index in [9.17, 15) is 0 Å². The van der Waals surface area contributed by atoms with Crippen molar-refractivity contribution in [1.29, 1.82) is 0 Å². The summed E-state index contributed by atoms with van der Waals surface area (Å²) in [6.07, 6.45) is 6.95. The third kappa shape index (κ3) is 3.62. The molecule has 3 unspecified atom stereocenters. The summed E-state index contributed by atoms with van der Waals surface area (Å²) in [5, 5.41) is 5.88. The Kier molecular flexibility index (Phi) is 5.34. The molecule has 1 fully saturated rings. The van der Waals surface area contributed by atoms with Gasteiger partial charge in [0.25, 0.3) is 0 Å². The summed E-state index contributed by atoms with van der Waals surface area (Å²) in [6, 6.07) is 4.55. The van der Waals surface area contributed by atoms with Gasteiger partial charge in [-0.1, -0.05) is 24.9 Å². The lowest BCUT2D eigenvalue weighted by molar-refractivity contribution is 0.304. The summed E-state index contributed by atoms with van der Waals surface area (Å²) in [7, 11) is 2.07. The predicted octanol–water partition coefficient (Wildman–Crippen LogP) is 3.99. The molecule has 1 aliphatic carbocycles. The van der Waals surface area contributed by atoms with Crippen LogP contribution in [0.15, 0.2) is 23.4 Å². The molecule has 2 nitrogen and oxygen atoms in total. The average Bonchev–Trinajstić information content (AvgIpc) is 2.41. The van der Waals surface area contributed by atoms with Crippen LogP contribution in [0.25, 0.3) is 0 Å². The summed E-state index contributed by atoms with van der Waals surface area (Å²) in [4.78, 5) is 4.40. The fourth-order valence-corrected chi connectivity index (χ4v) is 4.12. The number of hydrogen-bond acceptors (Lipinski definition) is 3. The Morgan fingerprint density at radius 2 is 2.28 bits per heavy atom. The van der Waals surface area contributed by atoms with Gasteiger partial charge < -0.3 is 5.32 Å². The van der Waals surface area contributed by atoms with Crippen LogP contribution in [0.1, 0.15) is 32.6 Å². The van der Waals surface area contributed by atoms with E-state index in [-0.39, 0.29) is 0 Å². The van der Waals surface area contributed by atoms with Crippen LogP contribution >= 0.6 is 23.4 Å². The zero-order chi connectivity index (χ0) is 13.0. The van der Waals surface area contributed by atoms with E-state index in [1.54, 1.807) is 6.20 Å². The standard InChI is InChI=1S/C14H21ClN2S/c1-3-10-4-6-12(16-2)13(8-10)18-14-7-5-11(15)9-17-14/h5,7,9-10,12-13,16H,3-4,6,8H2,1-2H3. The minimum absolute atomic E-state index is 0.607. The molecule has 0 amide bonds. The van der Waals surface area contributed by atoms with Crippen LogP contribution in [0.3, 0.4) is 0 Å². The zero-order valence-electron chi connectivity index (χ0n) is 11.0. The van der Waals surface area contributed by atoms with Crippen LogP contribution in [0, 0.1) is 5.92 Å². The van der Waals surface area contributed by atoms with Crippen LogP contribution in [0.5, 0.6) is 0 Å². The van der Waals surface area contributed by atoms with Crippen molar-refractivity contribution in [3.8, 4) is 0 Å². The van der Waals surface area contributed by atoms with Gasteiger partial charge in [-0.05, 0) is 44.4 Å². The lowest BCUT2D eigenvalue weighted by Gasteiger charge is -2.35. The van der Waals surface area contributed by atoms with Crippen molar-refractivity contribution in [1.82, 2.24) is 10.3 Å². The van der Waals surface area contributed by atoms with Gasteiger partial charge in [-0.2, -0.15) is 0 Å². The van der Waals surface area contributed by atoms with E-state index in [2.05, 4.69) is 24.3 Å². The lowest BCUT2D eigenvalue weighted by atomic mass is 9.84. The van der Waals surface area contributed by atoms with Crippen LogP contribution in [0.2, 0.25) is 5.02 Å². The Morgan fingerprint density at radius 3 is 2.89 bits per heavy atom. The second-order valence-corrected chi connectivity index (χ2v) is 6.65. The number of rotatable bonds is 4. The van der Waals surface area contributed by atoms with Crippen molar-refractivity contribution in [2.75, 3.05) is 7.05 Å². The Balaban J connectivity index is 2.02. The van der Waals surface area contributed by atoms with Gasteiger partial charge in [-0.3, -0.25) is 0 Å². The molecule has 0 saturated heterocycles. The minimum Gasteiger partial charge on any atom is -0.316 e. The highest BCUT2D eigenvalue weighted by Gasteiger charge is 2.29. The molecule has 1 saturated carbocycles. The third-order valence-electron chi connectivity index (χ3n) is 3.82. The highest BCUT2D eigenvalue weighted by molar-refractivity contribution is 7.99. The molecule has 100 valence electrons. The molecule has 1 N–H and O–H groups in total. The molecule has 0 aliphatic heterocycles. The maximum absolute atomic E-state index is 5.87. The molecular formula is C14H21ClN2S. The molecule has 18 heavy (non-hydrogen) atoms. The van der Waals surface area contributed by atoms with Gasteiger partial charge in [0, 0.05) is 17.5 Å². The first-order chi connectivity index (χ1) is 8.72. The Labute approximate surface area is 119 Å². The highest BCUT2D eigenvalue weighted by atomic mass is 35.5. The molecule has 0 aromatic carbocycles. The van der Waals surface area contributed by atoms with Crippen molar-refractivity contribution in [3.63, 3.8) is 0 Å². The molecule has 2 rings (SSSR count). The van der Waals surface area contributed by atoms with Crippen LogP contribution in [0.4, 0.5) is 0 Å². The quantitative estimate of drug-likeness (QED) is 0.905. The normalized spacial score (nSPS) is 28.3. The first-order valence-electron chi connectivity index (χ1n) is 6.68. The zero-order valence-corrected chi connectivity index (χ0v) is 12.6. The van der Waals surface area contributed by atoms with Crippen LogP contribution < -0.4 is 5.32 Å². The molecule has 1 aromatic heterocycles. The van der Waals surface area contributed by atoms with E-state index < -0.39 is 0 Å². The second-order valence-electron chi connectivity index (χ2n) is 4.95. The number of aromatic nitrogens is 1. The number of thioether (sulfide) groups is 1. The van der Waals surface area contributed by atoms with Gasteiger partial charge in [-0.25, -0.2) is 4.98 Å². The second kappa shape index (κ2) is 6.78. The van der Waals surface area contributed by atoms with Crippen LogP contribution in [-0.4, -0.2) is 23.3 Å². The number of nitrogens with one attached hydrogen (secondary N) is 1. The Hall–Kier alpha value is -0.250. The molecular weight excluding hydrogens is 264 g/mol. The summed E-state index contributed by atoms with van der Waals surface area (Å²) < 4.78 is 0. The molecule has 0 radical (unpaired) electrons. The molecule has 0 spiro atoms. The summed E-state index contributed by atoms with van der Waals surface area (Å²) in [5.74, 6) is 0.874. The lowest BCUT2D eigenvalue weighted by Crippen LogP contribution is -2.40.